The molecular weight excluding hydrogens is 394 g/mol. The SMILES string of the molecule is CCCCCCCC(=O)NC(c1nnc(-c2ccc(Br)cc2)o1)C(C)C. The summed E-state index contributed by atoms with van der Waals surface area (Å²) >= 11 is 3.41. The van der Waals surface area contributed by atoms with Crippen LogP contribution in [0.4, 0.5) is 0 Å². The van der Waals surface area contributed by atoms with E-state index in [4.69, 9.17) is 4.42 Å². The zero-order chi connectivity index (χ0) is 18.9. The fourth-order valence-electron chi connectivity index (χ4n) is 2.72. The minimum atomic E-state index is -0.269. The van der Waals surface area contributed by atoms with Gasteiger partial charge in [-0.1, -0.05) is 62.4 Å². The first-order chi connectivity index (χ1) is 12.5. The summed E-state index contributed by atoms with van der Waals surface area (Å²) in [6.45, 7) is 6.26. The van der Waals surface area contributed by atoms with Gasteiger partial charge in [-0.2, -0.15) is 0 Å². The number of carbonyl (C=O) groups excluding carboxylic acids is 1. The number of nitrogens with zero attached hydrogens (tertiary/aromatic N) is 2. The van der Waals surface area contributed by atoms with E-state index in [1.807, 2.05) is 38.1 Å². The third-order valence-electron chi connectivity index (χ3n) is 4.29. The molecule has 0 fully saturated rings. The van der Waals surface area contributed by atoms with Crippen molar-refractivity contribution in [3.8, 4) is 11.5 Å². The molecule has 5 nitrogen and oxygen atoms in total. The van der Waals surface area contributed by atoms with Gasteiger partial charge >= 0.3 is 0 Å². The van der Waals surface area contributed by atoms with Crippen molar-refractivity contribution in [1.82, 2.24) is 15.5 Å². The molecule has 0 aliphatic heterocycles. The molecule has 6 heteroatoms. The van der Waals surface area contributed by atoms with Crippen LogP contribution in [0, 0.1) is 5.92 Å². The highest BCUT2D eigenvalue weighted by molar-refractivity contribution is 9.10. The van der Waals surface area contributed by atoms with Crippen LogP contribution in [0.15, 0.2) is 33.2 Å². The molecule has 142 valence electrons. The van der Waals surface area contributed by atoms with Crippen molar-refractivity contribution in [2.45, 2.75) is 65.3 Å². The lowest BCUT2D eigenvalue weighted by molar-refractivity contribution is -0.122. The standard InChI is InChI=1S/C20H28BrN3O2/c1-4-5-6-7-8-9-17(25)22-18(14(2)3)20-24-23-19(26-20)15-10-12-16(21)13-11-15/h10-14,18H,4-9H2,1-3H3,(H,22,25). The number of nitrogens with one attached hydrogen (secondary N) is 1. The molecule has 26 heavy (non-hydrogen) atoms. The van der Waals surface area contributed by atoms with Crippen LogP contribution in [0.3, 0.4) is 0 Å². The number of hydrogen-bond acceptors (Lipinski definition) is 4. The molecule has 1 aromatic heterocycles. The van der Waals surface area contributed by atoms with E-state index in [0.717, 1.165) is 22.9 Å². The van der Waals surface area contributed by atoms with Crippen molar-refractivity contribution >= 4 is 21.8 Å². The first-order valence-corrected chi connectivity index (χ1v) is 10.2. The Balaban J connectivity index is 1.97. The van der Waals surface area contributed by atoms with Crippen LogP contribution in [0.5, 0.6) is 0 Å². The van der Waals surface area contributed by atoms with Gasteiger partial charge in [0.1, 0.15) is 6.04 Å². The third kappa shape index (κ3) is 6.24. The summed E-state index contributed by atoms with van der Waals surface area (Å²) in [5, 5.41) is 11.4. The molecule has 0 aliphatic rings. The maximum absolute atomic E-state index is 12.3. The van der Waals surface area contributed by atoms with Crippen molar-refractivity contribution in [1.29, 1.82) is 0 Å². The number of rotatable bonds is 10. The predicted molar refractivity (Wildman–Crippen MR) is 107 cm³/mol. The van der Waals surface area contributed by atoms with Crippen LogP contribution >= 0.6 is 15.9 Å². The van der Waals surface area contributed by atoms with Gasteiger partial charge in [-0.05, 0) is 36.6 Å². The Hall–Kier alpha value is -1.69. The minimum absolute atomic E-state index is 0.0450. The van der Waals surface area contributed by atoms with E-state index >= 15 is 0 Å². The van der Waals surface area contributed by atoms with Crippen molar-refractivity contribution in [3.05, 3.63) is 34.6 Å². The van der Waals surface area contributed by atoms with Gasteiger partial charge in [0, 0.05) is 16.5 Å². The van der Waals surface area contributed by atoms with E-state index in [1.165, 1.54) is 19.3 Å². The lowest BCUT2D eigenvalue weighted by atomic mass is 10.0. The predicted octanol–water partition coefficient (Wildman–Crippen LogP) is 5.67. The summed E-state index contributed by atoms with van der Waals surface area (Å²) < 4.78 is 6.83. The number of benzene rings is 1. The monoisotopic (exact) mass is 421 g/mol. The van der Waals surface area contributed by atoms with Crippen LogP contribution in [0.1, 0.15) is 71.2 Å². The van der Waals surface area contributed by atoms with Crippen LogP contribution in [-0.4, -0.2) is 16.1 Å². The maximum atomic E-state index is 12.3. The first kappa shape index (κ1) is 20.6. The second kappa shape index (κ2) is 10.5. The van der Waals surface area contributed by atoms with Gasteiger partial charge in [0.2, 0.25) is 17.7 Å². The Morgan fingerprint density at radius 2 is 1.81 bits per heavy atom. The zero-order valence-corrected chi connectivity index (χ0v) is 17.4. The minimum Gasteiger partial charge on any atom is -0.418 e. The first-order valence-electron chi connectivity index (χ1n) is 9.40. The molecule has 0 saturated carbocycles. The summed E-state index contributed by atoms with van der Waals surface area (Å²) in [7, 11) is 0. The Labute approximate surface area is 164 Å². The molecule has 0 bridgehead atoms. The Morgan fingerprint density at radius 1 is 1.12 bits per heavy atom. The van der Waals surface area contributed by atoms with E-state index in [-0.39, 0.29) is 17.9 Å². The van der Waals surface area contributed by atoms with Crippen LogP contribution < -0.4 is 5.32 Å². The van der Waals surface area contributed by atoms with Crippen molar-refractivity contribution in [2.75, 3.05) is 0 Å². The molecule has 1 N–H and O–H groups in total. The molecule has 0 radical (unpaired) electrons. The van der Waals surface area contributed by atoms with Gasteiger partial charge in [-0.15, -0.1) is 10.2 Å². The zero-order valence-electron chi connectivity index (χ0n) is 15.8. The summed E-state index contributed by atoms with van der Waals surface area (Å²) in [5.74, 6) is 1.13. The number of unbranched alkanes of at least 4 members (excludes halogenated alkanes) is 4. The van der Waals surface area contributed by atoms with Crippen molar-refractivity contribution in [3.63, 3.8) is 0 Å². The number of amides is 1. The van der Waals surface area contributed by atoms with E-state index in [2.05, 4.69) is 38.4 Å². The summed E-state index contributed by atoms with van der Waals surface area (Å²) in [6, 6.07) is 7.43. The topological polar surface area (TPSA) is 68.0 Å². The second-order valence-corrected chi connectivity index (χ2v) is 7.82. The molecule has 0 spiro atoms. The van der Waals surface area contributed by atoms with Gasteiger partial charge < -0.3 is 9.73 Å². The van der Waals surface area contributed by atoms with Crippen molar-refractivity contribution < 1.29 is 9.21 Å². The highest BCUT2D eigenvalue weighted by Gasteiger charge is 2.24. The normalized spacial score (nSPS) is 12.3. The van der Waals surface area contributed by atoms with E-state index in [9.17, 15) is 4.79 Å². The molecule has 0 aliphatic carbocycles. The van der Waals surface area contributed by atoms with E-state index < -0.39 is 0 Å². The Bertz CT molecular complexity index is 683. The molecule has 1 unspecified atom stereocenters. The van der Waals surface area contributed by atoms with Gasteiger partial charge in [-0.25, -0.2) is 0 Å². The highest BCUT2D eigenvalue weighted by Crippen LogP contribution is 2.26. The van der Waals surface area contributed by atoms with Gasteiger partial charge in [0.05, 0.1) is 0 Å². The number of halogens is 1. The van der Waals surface area contributed by atoms with Crippen LogP contribution in [0.2, 0.25) is 0 Å². The third-order valence-corrected chi connectivity index (χ3v) is 4.82. The average molecular weight is 422 g/mol. The average Bonchev–Trinajstić information content (AvgIpc) is 3.09. The molecule has 1 amide bonds. The number of hydrogen-bond donors (Lipinski definition) is 1. The quantitative estimate of drug-likeness (QED) is 0.501. The molecule has 2 aromatic rings. The molecular formula is C20H28BrN3O2. The lowest BCUT2D eigenvalue weighted by Crippen LogP contribution is -2.31. The summed E-state index contributed by atoms with van der Waals surface area (Å²) in [4.78, 5) is 12.3. The molecule has 0 saturated heterocycles. The fourth-order valence-corrected chi connectivity index (χ4v) is 2.98. The molecule has 1 heterocycles. The fraction of sp³-hybridized carbons (Fsp3) is 0.550. The maximum Gasteiger partial charge on any atom is 0.247 e. The molecule has 1 aromatic carbocycles. The highest BCUT2D eigenvalue weighted by atomic mass is 79.9. The Morgan fingerprint density at radius 3 is 2.46 bits per heavy atom. The summed E-state index contributed by atoms with van der Waals surface area (Å²) in [5.41, 5.74) is 0.858. The van der Waals surface area contributed by atoms with Crippen molar-refractivity contribution in [2.24, 2.45) is 5.92 Å². The van der Waals surface area contributed by atoms with Gasteiger partial charge in [0.15, 0.2) is 0 Å². The van der Waals surface area contributed by atoms with Gasteiger partial charge in [-0.3, -0.25) is 4.79 Å². The summed E-state index contributed by atoms with van der Waals surface area (Å²) in [6.07, 6.45) is 6.20. The molecule has 1 atom stereocenters. The van der Waals surface area contributed by atoms with Gasteiger partial charge in [0.25, 0.3) is 0 Å². The Kier molecular flexibility index (Phi) is 8.29. The molecule has 2 rings (SSSR count). The smallest absolute Gasteiger partial charge is 0.247 e. The number of carbonyl (C=O) groups is 1. The largest absolute Gasteiger partial charge is 0.418 e. The van der Waals surface area contributed by atoms with Crippen LogP contribution in [-0.2, 0) is 4.79 Å². The van der Waals surface area contributed by atoms with E-state index in [0.29, 0.717) is 18.2 Å². The second-order valence-electron chi connectivity index (χ2n) is 6.91. The number of aromatic nitrogens is 2. The van der Waals surface area contributed by atoms with E-state index in [1.54, 1.807) is 0 Å². The lowest BCUT2D eigenvalue weighted by Gasteiger charge is -2.18. The van der Waals surface area contributed by atoms with Crippen LogP contribution in [0.25, 0.3) is 11.5 Å².